The molecule has 106 valence electrons. The van der Waals surface area contributed by atoms with E-state index >= 15 is 0 Å². The van der Waals surface area contributed by atoms with Crippen molar-refractivity contribution in [2.45, 2.75) is 48.8 Å². The molecule has 2 saturated heterocycles. The quantitative estimate of drug-likeness (QED) is 0.303. The van der Waals surface area contributed by atoms with Crippen LogP contribution in [-0.4, -0.2) is 92.7 Å². The van der Waals surface area contributed by atoms with E-state index in [0.29, 0.717) is 0 Å². The fourth-order valence-corrected chi connectivity index (χ4v) is 2.40. The van der Waals surface area contributed by atoms with Gasteiger partial charge in [-0.2, -0.15) is 0 Å². The molecule has 8 heteroatoms. The zero-order chi connectivity index (χ0) is 13.4. The number of aliphatic hydroxyl groups excluding tert-OH is 6. The molecule has 2 rings (SSSR count). The van der Waals surface area contributed by atoms with Crippen molar-refractivity contribution in [1.82, 2.24) is 0 Å². The lowest BCUT2D eigenvalue weighted by atomic mass is 9.99. The number of aliphatic hydroxyl groups is 6. The third kappa shape index (κ3) is 2.15. The van der Waals surface area contributed by atoms with Gasteiger partial charge >= 0.3 is 0 Å². The van der Waals surface area contributed by atoms with Crippen LogP contribution in [0, 0.1) is 0 Å². The second-order valence-electron chi connectivity index (χ2n) is 4.61. The summed E-state index contributed by atoms with van der Waals surface area (Å²) in [6.45, 7) is -0.965. The Balaban J connectivity index is 2.09. The Morgan fingerprint density at radius 1 is 0.611 bits per heavy atom. The van der Waals surface area contributed by atoms with Crippen LogP contribution in [0.4, 0.5) is 0 Å². The molecule has 0 amide bonds. The van der Waals surface area contributed by atoms with Crippen molar-refractivity contribution in [2.24, 2.45) is 0 Å². The third-order valence-corrected chi connectivity index (χ3v) is 3.48. The first-order valence-corrected chi connectivity index (χ1v) is 5.76. The summed E-state index contributed by atoms with van der Waals surface area (Å²) in [4.78, 5) is 0. The summed E-state index contributed by atoms with van der Waals surface area (Å²) in [6.07, 6.45) is -9.34. The molecule has 2 heterocycles. The minimum absolute atomic E-state index is 0.483. The molecule has 0 saturated carbocycles. The van der Waals surface area contributed by atoms with E-state index < -0.39 is 62.0 Å². The average Bonchev–Trinajstić information content (AvgIpc) is 2.81. The van der Waals surface area contributed by atoms with Gasteiger partial charge in [-0.1, -0.05) is 0 Å². The van der Waals surface area contributed by atoms with Gasteiger partial charge in [0.2, 0.25) is 0 Å². The highest BCUT2D eigenvalue weighted by Gasteiger charge is 2.54. The third-order valence-electron chi connectivity index (χ3n) is 3.48. The topological polar surface area (TPSA) is 140 Å². The lowest BCUT2D eigenvalue weighted by Gasteiger charge is -2.23. The molecule has 8 nitrogen and oxygen atoms in total. The van der Waals surface area contributed by atoms with E-state index in [0.717, 1.165) is 0 Å². The Labute approximate surface area is 103 Å². The first kappa shape index (κ1) is 14.1. The summed E-state index contributed by atoms with van der Waals surface area (Å²) in [5.74, 6) is 0. The first-order chi connectivity index (χ1) is 8.51. The van der Waals surface area contributed by atoms with Crippen LogP contribution in [0.5, 0.6) is 0 Å². The van der Waals surface area contributed by atoms with E-state index in [1.165, 1.54) is 0 Å². The smallest absolute Gasteiger partial charge is 0.115 e. The van der Waals surface area contributed by atoms with Crippen LogP contribution >= 0.6 is 0 Å². The van der Waals surface area contributed by atoms with Crippen LogP contribution in [-0.2, 0) is 9.47 Å². The maximum absolute atomic E-state index is 9.76. The van der Waals surface area contributed by atoms with Crippen LogP contribution in [0.3, 0.4) is 0 Å². The predicted molar refractivity (Wildman–Crippen MR) is 55.5 cm³/mol. The Kier molecular flexibility index (Phi) is 4.19. The summed E-state index contributed by atoms with van der Waals surface area (Å²) in [5, 5.41) is 56.6. The molecule has 2 unspecified atom stereocenters. The zero-order valence-corrected chi connectivity index (χ0v) is 9.53. The molecule has 0 spiro atoms. The standard InChI is InChI=1S/C10H18O8/c11-1-3-5(13)7(15)9(17-3)10-8(16)6(14)4(2-12)18-10/h3-16H,1-2H2/t3-,4-,5-,6-,7-,8-,9?,10?/m1/s1. The molecule has 2 aliphatic heterocycles. The lowest BCUT2D eigenvalue weighted by Crippen LogP contribution is -2.45. The number of rotatable bonds is 3. The largest absolute Gasteiger partial charge is 0.394 e. The van der Waals surface area contributed by atoms with Gasteiger partial charge in [-0.25, -0.2) is 0 Å². The molecule has 0 aromatic carbocycles. The van der Waals surface area contributed by atoms with Gasteiger partial charge in [-0.3, -0.25) is 0 Å². The Morgan fingerprint density at radius 2 is 0.944 bits per heavy atom. The molecule has 18 heavy (non-hydrogen) atoms. The molecule has 0 bridgehead atoms. The molecular formula is C10H18O8. The Morgan fingerprint density at radius 3 is 1.17 bits per heavy atom. The van der Waals surface area contributed by atoms with Crippen molar-refractivity contribution in [2.75, 3.05) is 13.2 Å². The van der Waals surface area contributed by atoms with Crippen LogP contribution in [0.2, 0.25) is 0 Å². The normalized spacial score (nSPS) is 53.0. The average molecular weight is 266 g/mol. The van der Waals surface area contributed by atoms with E-state index in [9.17, 15) is 20.4 Å². The number of hydrogen-bond donors (Lipinski definition) is 6. The van der Waals surface area contributed by atoms with Crippen LogP contribution < -0.4 is 0 Å². The van der Waals surface area contributed by atoms with Crippen LogP contribution in [0.15, 0.2) is 0 Å². The summed E-state index contributed by atoms with van der Waals surface area (Å²) in [6, 6.07) is 0. The number of ether oxygens (including phenoxy) is 2. The molecule has 8 atom stereocenters. The predicted octanol–water partition coefficient (Wildman–Crippen LogP) is -4.05. The van der Waals surface area contributed by atoms with Gasteiger partial charge in [-0.15, -0.1) is 0 Å². The summed E-state index contributed by atoms with van der Waals surface area (Å²) in [7, 11) is 0. The molecule has 0 radical (unpaired) electrons. The van der Waals surface area contributed by atoms with Gasteiger partial charge in [-0.05, 0) is 0 Å². The van der Waals surface area contributed by atoms with Crippen molar-refractivity contribution in [1.29, 1.82) is 0 Å². The van der Waals surface area contributed by atoms with Gasteiger partial charge in [0.15, 0.2) is 0 Å². The molecule has 2 fully saturated rings. The highest BCUT2D eigenvalue weighted by Crippen LogP contribution is 2.32. The molecule has 0 aliphatic carbocycles. The van der Waals surface area contributed by atoms with Gasteiger partial charge < -0.3 is 40.1 Å². The van der Waals surface area contributed by atoms with Gasteiger partial charge in [0, 0.05) is 0 Å². The Bertz CT molecular complexity index is 259. The SMILES string of the molecule is OC[C@H]1OC(C2O[C@H](CO)[C@@H](O)[C@H]2O)[C@H](O)[C@@H]1O. The van der Waals surface area contributed by atoms with Crippen molar-refractivity contribution in [3.63, 3.8) is 0 Å². The van der Waals surface area contributed by atoms with Crippen molar-refractivity contribution < 1.29 is 40.1 Å². The van der Waals surface area contributed by atoms with Crippen molar-refractivity contribution in [3.05, 3.63) is 0 Å². The lowest BCUT2D eigenvalue weighted by molar-refractivity contribution is -0.121. The fraction of sp³-hybridized carbons (Fsp3) is 1.00. The van der Waals surface area contributed by atoms with E-state index in [-0.39, 0.29) is 0 Å². The monoisotopic (exact) mass is 266 g/mol. The first-order valence-electron chi connectivity index (χ1n) is 5.76. The van der Waals surface area contributed by atoms with Gasteiger partial charge in [0.05, 0.1) is 13.2 Å². The van der Waals surface area contributed by atoms with Crippen molar-refractivity contribution >= 4 is 0 Å². The fourth-order valence-electron chi connectivity index (χ4n) is 2.40. The summed E-state index contributed by atoms with van der Waals surface area (Å²) >= 11 is 0. The molecule has 2 aliphatic rings. The van der Waals surface area contributed by atoms with Gasteiger partial charge in [0.1, 0.15) is 48.8 Å². The van der Waals surface area contributed by atoms with E-state index in [2.05, 4.69) is 0 Å². The highest BCUT2D eigenvalue weighted by atomic mass is 16.6. The maximum Gasteiger partial charge on any atom is 0.115 e. The van der Waals surface area contributed by atoms with Crippen LogP contribution in [0.1, 0.15) is 0 Å². The second-order valence-corrected chi connectivity index (χ2v) is 4.61. The highest BCUT2D eigenvalue weighted by molar-refractivity contribution is 5.02. The van der Waals surface area contributed by atoms with Crippen LogP contribution in [0.25, 0.3) is 0 Å². The zero-order valence-electron chi connectivity index (χ0n) is 9.53. The summed E-state index contributed by atoms with van der Waals surface area (Å²) in [5.41, 5.74) is 0. The minimum atomic E-state index is -1.34. The van der Waals surface area contributed by atoms with E-state index in [1.54, 1.807) is 0 Å². The molecule has 6 N–H and O–H groups in total. The Hall–Kier alpha value is -0.320. The molecule has 0 aromatic rings. The second kappa shape index (κ2) is 5.35. The van der Waals surface area contributed by atoms with Gasteiger partial charge in [0.25, 0.3) is 0 Å². The summed E-state index contributed by atoms with van der Waals surface area (Å²) < 4.78 is 10.4. The molecule has 0 aromatic heterocycles. The van der Waals surface area contributed by atoms with Crippen molar-refractivity contribution in [3.8, 4) is 0 Å². The van der Waals surface area contributed by atoms with E-state index in [4.69, 9.17) is 19.7 Å². The number of hydrogen-bond acceptors (Lipinski definition) is 8. The minimum Gasteiger partial charge on any atom is -0.394 e. The van der Waals surface area contributed by atoms with E-state index in [1.807, 2.05) is 0 Å². The molecular weight excluding hydrogens is 248 g/mol. The maximum atomic E-state index is 9.76.